The predicted molar refractivity (Wildman–Crippen MR) is 122 cm³/mol. The fourth-order valence-electron chi connectivity index (χ4n) is 3.74. The molecule has 3 aromatic carbocycles. The van der Waals surface area contributed by atoms with Gasteiger partial charge in [0.15, 0.2) is 0 Å². The second-order valence-electron chi connectivity index (χ2n) is 7.21. The summed E-state index contributed by atoms with van der Waals surface area (Å²) in [5.74, 6) is 0.232. The highest BCUT2D eigenvalue weighted by Crippen LogP contribution is 2.36. The minimum Gasteiger partial charge on any atom is -0.494 e. The van der Waals surface area contributed by atoms with Crippen LogP contribution < -0.4 is 5.32 Å². The van der Waals surface area contributed by atoms with Crippen LogP contribution in [0.2, 0.25) is 0 Å². The Kier molecular flexibility index (Phi) is 4.66. The van der Waals surface area contributed by atoms with Crippen LogP contribution in [0.15, 0.2) is 104 Å². The zero-order chi connectivity index (χ0) is 20.3. The van der Waals surface area contributed by atoms with Crippen LogP contribution in [-0.4, -0.2) is 14.7 Å². The highest BCUT2D eigenvalue weighted by molar-refractivity contribution is 5.99. The molecule has 0 unspecified atom stereocenters. The fraction of sp³-hybridized carbons (Fsp3) is 0.0385. The zero-order valence-electron chi connectivity index (χ0n) is 16.4. The number of fused-ring (bicyclic) bond motifs is 1. The van der Waals surface area contributed by atoms with Crippen molar-refractivity contribution in [1.82, 2.24) is 9.55 Å². The maximum Gasteiger partial charge on any atom is 0.205 e. The summed E-state index contributed by atoms with van der Waals surface area (Å²) in [6, 6.07) is 28.5. The van der Waals surface area contributed by atoms with Gasteiger partial charge in [-0.2, -0.15) is 0 Å². The van der Waals surface area contributed by atoms with E-state index in [2.05, 4.69) is 34.6 Å². The Bertz CT molecular complexity index is 1280. The summed E-state index contributed by atoms with van der Waals surface area (Å²) in [6.07, 6.45) is 5.54. The molecule has 0 amide bonds. The van der Waals surface area contributed by atoms with Crippen LogP contribution in [0.3, 0.4) is 0 Å². The third kappa shape index (κ3) is 3.40. The number of pyridine rings is 1. The highest BCUT2D eigenvalue weighted by atomic mass is 16.3. The second-order valence-corrected chi connectivity index (χ2v) is 7.21. The first kappa shape index (κ1) is 18.0. The summed E-state index contributed by atoms with van der Waals surface area (Å²) in [5, 5.41) is 16.3. The van der Waals surface area contributed by atoms with Gasteiger partial charge in [-0.3, -0.25) is 9.55 Å². The standard InChI is InChI=1S/C26H21N3O/c30-26-25-22(7-4-8-24(25)28-17-19-13-15-27-16-14-19)18-29(26)23-11-9-21(10-12-23)20-5-2-1-3-6-20/h1-16,18,28,30H,17H2. The van der Waals surface area contributed by atoms with E-state index in [1.165, 1.54) is 5.56 Å². The molecule has 0 bridgehead atoms. The van der Waals surface area contributed by atoms with E-state index in [0.29, 0.717) is 6.54 Å². The zero-order valence-corrected chi connectivity index (χ0v) is 16.4. The summed E-state index contributed by atoms with van der Waals surface area (Å²) in [4.78, 5) is 4.06. The number of nitrogens with one attached hydrogen (secondary N) is 1. The van der Waals surface area contributed by atoms with Crippen LogP contribution in [-0.2, 0) is 6.54 Å². The molecule has 5 aromatic rings. The average molecular weight is 391 g/mol. The molecule has 4 nitrogen and oxygen atoms in total. The second kappa shape index (κ2) is 7.76. The van der Waals surface area contributed by atoms with E-state index in [9.17, 15) is 5.11 Å². The highest BCUT2D eigenvalue weighted by Gasteiger charge is 2.13. The number of aromatic nitrogens is 2. The van der Waals surface area contributed by atoms with E-state index in [4.69, 9.17) is 0 Å². The number of hydrogen-bond acceptors (Lipinski definition) is 3. The number of rotatable bonds is 5. The molecule has 0 saturated carbocycles. The van der Waals surface area contributed by atoms with Crippen LogP contribution in [0.5, 0.6) is 5.88 Å². The van der Waals surface area contributed by atoms with E-state index in [0.717, 1.165) is 33.3 Å². The predicted octanol–water partition coefficient (Wildman–Crippen LogP) is 6.01. The van der Waals surface area contributed by atoms with Gasteiger partial charge in [-0.05, 0) is 47.0 Å². The monoisotopic (exact) mass is 391 g/mol. The first-order chi connectivity index (χ1) is 14.8. The summed E-state index contributed by atoms with van der Waals surface area (Å²) in [6.45, 7) is 0.665. The van der Waals surface area contributed by atoms with E-state index < -0.39 is 0 Å². The molecule has 2 heterocycles. The summed E-state index contributed by atoms with van der Waals surface area (Å²) >= 11 is 0. The SMILES string of the molecule is Oc1c2c(NCc3ccncc3)cccc2cn1-c1ccc(-c2ccccc2)cc1. The minimum absolute atomic E-state index is 0.232. The molecule has 0 fully saturated rings. The number of hydrogen-bond donors (Lipinski definition) is 2. The molecule has 0 aliphatic heterocycles. The molecule has 0 spiro atoms. The van der Waals surface area contributed by atoms with Crippen LogP contribution in [0.4, 0.5) is 5.69 Å². The smallest absolute Gasteiger partial charge is 0.205 e. The first-order valence-corrected chi connectivity index (χ1v) is 9.91. The molecule has 4 heteroatoms. The van der Waals surface area contributed by atoms with Crippen LogP contribution in [0, 0.1) is 0 Å². The van der Waals surface area contributed by atoms with Gasteiger partial charge >= 0.3 is 0 Å². The summed E-state index contributed by atoms with van der Waals surface area (Å²) in [5.41, 5.74) is 5.28. The van der Waals surface area contributed by atoms with Crippen LogP contribution >= 0.6 is 0 Å². The van der Waals surface area contributed by atoms with Crippen LogP contribution in [0.1, 0.15) is 5.56 Å². The fourth-order valence-corrected chi connectivity index (χ4v) is 3.74. The van der Waals surface area contributed by atoms with Crippen molar-refractivity contribution in [3.8, 4) is 22.7 Å². The maximum absolute atomic E-state index is 11.0. The maximum atomic E-state index is 11.0. The van der Waals surface area contributed by atoms with Crippen molar-refractivity contribution in [2.24, 2.45) is 0 Å². The molecule has 0 atom stereocenters. The van der Waals surface area contributed by atoms with Crippen LogP contribution in [0.25, 0.3) is 27.6 Å². The lowest BCUT2D eigenvalue weighted by atomic mass is 10.1. The van der Waals surface area contributed by atoms with Gasteiger partial charge < -0.3 is 10.4 Å². The first-order valence-electron chi connectivity index (χ1n) is 9.91. The van der Waals surface area contributed by atoms with Gasteiger partial charge in [-0.1, -0.05) is 54.6 Å². The lowest BCUT2D eigenvalue weighted by Crippen LogP contribution is -1.99. The molecular weight excluding hydrogens is 370 g/mol. The Labute approximate surface area is 175 Å². The molecule has 0 saturated heterocycles. The average Bonchev–Trinajstić information content (AvgIpc) is 3.16. The Morgan fingerprint density at radius 1 is 0.767 bits per heavy atom. The van der Waals surface area contributed by atoms with E-state index in [-0.39, 0.29) is 5.88 Å². The topological polar surface area (TPSA) is 50.1 Å². The van der Waals surface area contributed by atoms with Gasteiger partial charge in [-0.15, -0.1) is 0 Å². The lowest BCUT2D eigenvalue weighted by Gasteiger charge is -2.09. The third-order valence-corrected chi connectivity index (χ3v) is 5.30. The van der Waals surface area contributed by atoms with Gasteiger partial charge in [-0.25, -0.2) is 0 Å². The lowest BCUT2D eigenvalue weighted by molar-refractivity contribution is 0.448. The van der Waals surface area contributed by atoms with E-state index in [1.54, 1.807) is 12.4 Å². The van der Waals surface area contributed by atoms with Crippen molar-refractivity contribution < 1.29 is 5.11 Å². The Morgan fingerprint density at radius 3 is 2.27 bits per heavy atom. The van der Waals surface area contributed by atoms with Gasteiger partial charge in [0.25, 0.3) is 0 Å². The normalized spacial score (nSPS) is 10.9. The number of benzene rings is 3. The van der Waals surface area contributed by atoms with E-state index >= 15 is 0 Å². The number of anilines is 1. The number of aromatic hydroxyl groups is 1. The van der Waals surface area contributed by atoms with E-state index in [1.807, 2.05) is 71.4 Å². The van der Waals surface area contributed by atoms with Gasteiger partial charge in [0, 0.05) is 41.9 Å². The Hall–Kier alpha value is -4.05. The largest absolute Gasteiger partial charge is 0.494 e. The molecule has 146 valence electrons. The van der Waals surface area contributed by atoms with Crippen molar-refractivity contribution in [3.05, 3.63) is 109 Å². The van der Waals surface area contributed by atoms with Gasteiger partial charge in [0.1, 0.15) is 0 Å². The third-order valence-electron chi connectivity index (χ3n) is 5.30. The van der Waals surface area contributed by atoms with Crippen molar-refractivity contribution in [3.63, 3.8) is 0 Å². The molecular formula is C26H21N3O. The molecule has 2 N–H and O–H groups in total. The summed E-state index contributed by atoms with van der Waals surface area (Å²) in [7, 11) is 0. The summed E-state index contributed by atoms with van der Waals surface area (Å²) < 4.78 is 1.83. The Balaban J connectivity index is 1.48. The van der Waals surface area contributed by atoms with Gasteiger partial charge in [0.2, 0.25) is 5.88 Å². The molecule has 0 aliphatic rings. The molecule has 0 aliphatic carbocycles. The van der Waals surface area contributed by atoms with Gasteiger partial charge in [0.05, 0.1) is 5.39 Å². The number of nitrogens with zero attached hydrogens (tertiary/aromatic N) is 2. The minimum atomic E-state index is 0.232. The Morgan fingerprint density at radius 2 is 1.50 bits per heavy atom. The quantitative estimate of drug-likeness (QED) is 0.386. The molecule has 5 rings (SSSR count). The molecule has 30 heavy (non-hydrogen) atoms. The molecule has 2 aromatic heterocycles. The molecule has 0 radical (unpaired) electrons. The van der Waals surface area contributed by atoms with Crippen molar-refractivity contribution in [2.75, 3.05) is 5.32 Å². The van der Waals surface area contributed by atoms with Crippen molar-refractivity contribution >= 4 is 16.5 Å². The van der Waals surface area contributed by atoms with Crippen molar-refractivity contribution in [2.45, 2.75) is 6.54 Å². The van der Waals surface area contributed by atoms with Crippen molar-refractivity contribution in [1.29, 1.82) is 0 Å².